The van der Waals surface area contributed by atoms with Crippen LogP contribution in [0, 0.1) is 0 Å². The van der Waals surface area contributed by atoms with Gasteiger partial charge in [-0.3, -0.25) is 9.71 Å². The smallest absolute Gasteiger partial charge is 0.262 e. The lowest BCUT2D eigenvalue weighted by molar-refractivity contribution is 0.414. The highest BCUT2D eigenvalue weighted by Gasteiger charge is 2.11. The Morgan fingerprint density at radius 3 is 2.81 bits per heavy atom. The molecule has 27 heavy (non-hydrogen) atoms. The van der Waals surface area contributed by atoms with E-state index in [2.05, 4.69) is 25.1 Å². The van der Waals surface area contributed by atoms with Crippen molar-refractivity contribution in [2.24, 2.45) is 15.8 Å². The van der Waals surface area contributed by atoms with Crippen LogP contribution in [0.3, 0.4) is 0 Å². The van der Waals surface area contributed by atoms with Gasteiger partial charge in [-0.15, -0.1) is 11.3 Å². The first-order valence-electron chi connectivity index (χ1n) is 7.70. The maximum Gasteiger partial charge on any atom is 0.262 e. The Morgan fingerprint density at radius 2 is 2.11 bits per heavy atom. The van der Waals surface area contributed by atoms with Crippen LogP contribution in [0.25, 0.3) is 0 Å². The van der Waals surface area contributed by atoms with E-state index in [1.54, 1.807) is 23.9 Å². The summed E-state index contributed by atoms with van der Waals surface area (Å²) in [5, 5.41) is 2.57. The maximum absolute atomic E-state index is 12.1. The molecule has 0 aliphatic carbocycles. The van der Waals surface area contributed by atoms with Gasteiger partial charge in [-0.25, -0.2) is 24.2 Å². The molecule has 1 heterocycles. The summed E-state index contributed by atoms with van der Waals surface area (Å²) in [4.78, 5) is 12.6. The van der Waals surface area contributed by atoms with Crippen LogP contribution in [0.5, 0.6) is 5.75 Å². The lowest BCUT2D eigenvalue weighted by Gasteiger charge is -2.04. The number of benzene rings is 1. The van der Waals surface area contributed by atoms with E-state index < -0.39 is 10.0 Å². The Morgan fingerprint density at radius 1 is 1.33 bits per heavy atom. The minimum absolute atomic E-state index is 0.149. The molecule has 0 aliphatic rings. The Labute approximate surface area is 166 Å². The number of methoxy groups -OCH3 is 1. The minimum atomic E-state index is -3.62. The van der Waals surface area contributed by atoms with Gasteiger partial charge in [0, 0.05) is 23.4 Å². The summed E-state index contributed by atoms with van der Waals surface area (Å²) < 4.78 is 31.5. The number of nitrogens with one attached hydrogen (secondary N) is 2. The summed E-state index contributed by atoms with van der Waals surface area (Å²) in [5.74, 6) is 7.17. The number of thiazole rings is 1. The van der Waals surface area contributed by atoms with E-state index in [1.807, 2.05) is 5.38 Å². The molecule has 0 amide bonds. The van der Waals surface area contributed by atoms with Crippen molar-refractivity contribution in [2.45, 2.75) is 10.6 Å². The predicted octanol–water partition coefficient (Wildman–Crippen LogP) is 1.51. The van der Waals surface area contributed by atoms with Crippen LogP contribution in [0.4, 0.5) is 5.13 Å². The second-order valence-corrected chi connectivity index (χ2v) is 8.59. The quantitative estimate of drug-likeness (QED) is 0.163. The van der Waals surface area contributed by atoms with Crippen molar-refractivity contribution in [2.75, 3.05) is 19.4 Å². The number of sulfonamides is 1. The molecule has 2 rings (SSSR count). The van der Waals surface area contributed by atoms with Gasteiger partial charge < -0.3 is 10.2 Å². The highest BCUT2D eigenvalue weighted by Crippen LogP contribution is 2.21. The van der Waals surface area contributed by atoms with Crippen molar-refractivity contribution in [3.8, 4) is 5.75 Å². The van der Waals surface area contributed by atoms with E-state index in [1.165, 1.54) is 43.3 Å². The first-order chi connectivity index (χ1) is 13.0. The fraction of sp³-hybridized carbons (Fsp3) is 0.267. The molecule has 0 saturated heterocycles. The molecule has 0 unspecified atom stereocenters. The normalized spacial score (nSPS) is 11.9. The Hall–Kier alpha value is -2.15. The zero-order valence-electron chi connectivity index (χ0n) is 14.5. The molecule has 4 N–H and O–H groups in total. The number of rotatable bonds is 11. The van der Waals surface area contributed by atoms with Gasteiger partial charge in [0.05, 0.1) is 24.0 Å². The van der Waals surface area contributed by atoms with Gasteiger partial charge in [-0.2, -0.15) is 11.8 Å². The van der Waals surface area contributed by atoms with Gasteiger partial charge >= 0.3 is 0 Å². The van der Waals surface area contributed by atoms with Gasteiger partial charge in [0.15, 0.2) is 0 Å². The molecule has 9 nitrogen and oxygen atoms in total. The summed E-state index contributed by atoms with van der Waals surface area (Å²) in [6, 6.07) is 6.12. The Balaban J connectivity index is 1.69. The molecule has 0 radical (unpaired) electrons. The molecule has 2 aromatic rings. The molecule has 146 valence electrons. The molecule has 1 aromatic carbocycles. The summed E-state index contributed by atoms with van der Waals surface area (Å²) in [7, 11) is -2.10. The molecule has 0 atom stereocenters. The fourth-order valence-corrected chi connectivity index (χ4v) is 4.15. The van der Waals surface area contributed by atoms with E-state index in [9.17, 15) is 8.42 Å². The third kappa shape index (κ3) is 7.17. The number of nitrogens with zero attached hydrogens (tertiary/aromatic N) is 3. The van der Waals surface area contributed by atoms with Crippen LogP contribution in [-0.4, -0.2) is 45.5 Å². The summed E-state index contributed by atoms with van der Waals surface area (Å²) in [5.41, 5.74) is 3.25. The number of aliphatic imine (C=N–C) groups is 2. The first kappa shape index (κ1) is 21.2. The predicted molar refractivity (Wildman–Crippen MR) is 110 cm³/mol. The second-order valence-electron chi connectivity index (χ2n) is 4.93. The third-order valence-electron chi connectivity index (χ3n) is 3.07. The number of aromatic nitrogens is 1. The molecular weight excluding hydrogens is 408 g/mol. The van der Waals surface area contributed by atoms with Crippen molar-refractivity contribution in [3.63, 3.8) is 0 Å². The second kappa shape index (κ2) is 10.9. The molecule has 0 spiro atoms. The molecule has 1 aromatic heterocycles. The number of hydrazine groups is 1. The van der Waals surface area contributed by atoms with Crippen molar-refractivity contribution < 1.29 is 13.2 Å². The van der Waals surface area contributed by atoms with Crippen LogP contribution in [0.15, 0.2) is 44.5 Å². The Kier molecular flexibility index (Phi) is 8.51. The van der Waals surface area contributed by atoms with Crippen LogP contribution in [0.2, 0.25) is 0 Å². The van der Waals surface area contributed by atoms with Crippen LogP contribution in [0.1, 0.15) is 5.69 Å². The standard InChI is InChI=1S/C15H20N6O3S3/c1-24-13-2-4-14(5-3-13)27(22,23)20-10-17-6-7-25-8-12-9-26-15(21-12)18-11-19-16/h2-5,9-11H,6-8,16H2,1H3,(H,17,20)(H,18,19,21). The van der Waals surface area contributed by atoms with Crippen molar-refractivity contribution in [1.82, 2.24) is 15.1 Å². The minimum Gasteiger partial charge on any atom is -0.497 e. The van der Waals surface area contributed by atoms with Gasteiger partial charge in [-0.05, 0) is 24.3 Å². The SMILES string of the molecule is COc1ccc(S(=O)(=O)NC=NCCSCc2csc(/N=C/NN)n2)cc1. The zero-order chi connectivity index (χ0) is 19.5. The number of thioether (sulfide) groups is 1. The maximum atomic E-state index is 12.1. The highest BCUT2D eigenvalue weighted by atomic mass is 32.2. The molecule has 12 heteroatoms. The van der Waals surface area contributed by atoms with Gasteiger partial charge in [-0.1, -0.05) is 0 Å². The average Bonchev–Trinajstić information content (AvgIpc) is 3.13. The van der Waals surface area contributed by atoms with E-state index in [0.29, 0.717) is 17.4 Å². The molecule has 0 saturated carbocycles. The molecular formula is C15H20N6O3S3. The lowest BCUT2D eigenvalue weighted by Crippen LogP contribution is -2.22. The number of hydrogen-bond acceptors (Lipinski definition) is 9. The summed E-state index contributed by atoms with van der Waals surface area (Å²) >= 11 is 3.08. The topological polar surface area (TPSA) is 131 Å². The van der Waals surface area contributed by atoms with Crippen molar-refractivity contribution in [1.29, 1.82) is 0 Å². The van der Waals surface area contributed by atoms with E-state index in [-0.39, 0.29) is 4.90 Å². The van der Waals surface area contributed by atoms with E-state index in [4.69, 9.17) is 10.6 Å². The summed E-state index contributed by atoms with van der Waals surface area (Å²) in [6.45, 7) is 0.488. The van der Waals surface area contributed by atoms with Crippen LogP contribution < -0.4 is 20.7 Å². The number of hydrogen-bond donors (Lipinski definition) is 3. The van der Waals surface area contributed by atoms with Gasteiger partial charge in [0.25, 0.3) is 10.0 Å². The molecule has 0 fully saturated rings. The largest absolute Gasteiger partial charge is 0.497 e. The number of nitrogens with two attached hydrogens (primary N) is 1. The number of ether oxygens (including phenoxy) is 1. The highest BCUT2D eigenvalue weighted by molar-refractivity contribution is 7.98. The fourth-order valence-electron chi connectivity index (χ4n) is 1.80. The third-order valence-corrected chi connectivity index (χ3v) is 6.15. The Bertz CT molecular complexity index is 865. The monoisotopic (exact) mass is 428 g/mol. The molecule has 0 aliphatic heterocycles. The van der Waals surface area contributed by atoms with Crippen molar-refractivity contribution in [3.05, 3.63) is 35.3 Å². The average molecular weight is 429 g/mol. The van der Waals surface area contributed by atoms with Gasteiger partial charge in [0.1, 0.15) is 12.1 Å². The van der Waals surface area contributed by atoms with Crippen LogP contribution >= 0.6 is 23.1 Å². The first-order valence-corrected chi connectivity index (χ1v) is 11.2. The van der Waals surface area contributed by atoms with E-state index in [0.717, 1.165) is 17.2 Å². The summed E-state index contributed by atoms with van der Waals surface area (Å²) in [6.07, 6.45) is 2.58. The van der Waals surface area contributed by atoms with E-state index >= 15 is 0 Å². The van der Waals surface area contributed by atoms with Crippen LogP contribution in [-0.2, 0) is 15.8 Å². The lowest BCUT2D eigenvalue weighted by atomic mass is 10.3. The zero-order valence-corrected chi connectivity index (χ0v) is 17.0. The van der Waals surface area contributed by atoms with Crippen molar-refractivity contribution >= 4 is 50.9 Å². The van der Waals surface area contributed by atoms with Gasteiger partial charge in [0.2, 0.25) is 5.13 Å². The molecule has 0 bridgehead atoms.